The monoisotopic (exact) mass is 298 g/mol. The van der Waals surface area contributed by atoms with Crippen LogP contribution in [0.4, 0.5) is 0 Å². The Labute approximate surface area is 111 Å². The molecule has 1 rings (SSSR count). The second-order valence-electron chi connectivity index (χ2n) is 4.22. The van der Waals surface area contributed by atoms with Crippen LogP contribution in [0, 0.1) is 0 Å². The van der Waals surface area contributed by atoms with Gasteiger partial charge in [0.05, 0.1) is 11.7 Å². The van der Waals surface area contributed by atoms with E-state index < -0.39 is 0 Å². The van der Waals surface area contributed by atoms with Crippen molar-refractivity contribution >= 4 is 22.2 Å². The molecule has 0 saturated carbocycles. The smallest absolute Gasteiger partial charge is 0.153 e. The minimum atomic E-state index is 0.154. The maximum absolute atomic E-state index is 10.9. The molecule has 0 aromatic heterocycles. The SMILES string of the molecule is CCCCCC(C)Oc1ccc(Br)cc1C=O. The summed E-state index contributed by atoms with van der Waals surface area (Å²) in [6.07, 6.45) is 5.63. The number of carbonyl (C=O) groups excluding carboxylic acids is 1. The number of aldehydes is 1. The summed E-state index contributed by atoms with van der Waals surface area (Å²) in [4.78, 5) is 10.9. The average molecular weight is 299 g/mol. The lowest BCUT2D eigenvalue weighted by Crippen LogP contribution is -2.12. The summed E-state index contributed by atoms with van der Waals surface area (Å²) < 4.78 is 6.68. The second-order valence-corrected chi connectivity index (χ2v) is 5.14. The van der Waals surface area contributed by atoms with Gasteiger partial charge in [0.2, 0.25) is 0 Å². The highest BCUT2D eigenvalue weighted by atomic mass is 79.9. The van der Waals surface area contributed by atoms with Gasteiger partial charge < -0.3 is 4.74 Å². The van der Waals surface area contributed by atoms with Gasteiger partial charge in [-0.2, -0.15) is 0 Å². The third-order valence-electron chi connectivity index (χ3n) is 2.64. The first-order valence-electron chi connectivity index (χ1n) is 6.08. The Morgan fingerprint density at radius 2 is 2.18 bits per heavy atom. The Kier molecular flexibility index (Phi) is 6.27. The fourth-order valence-electron chi connectivity index (χ4n) is 1.68. The third kappa shape index (κ3) is 4.90. The van der Waals surface area contributed by atoms with Crippen LogP contribution in [0.25, 0.3) is 0 Å². The summed E-state index contributed by atoms with van der Waals surface area (Å²) >= 11 is 3.34. The molecule has 0 fully saturated rings. The molecule has 3 heteroatoms. The molecule has 1 unspecified atom stereocenters. The predicted molar refractivity (Wildman–Crippen MR) is 73.8 cm³/mol. The molecule has 0 aliphatic heterocycles. The maximum atomic E-state index is 10.9. The van der Waals surface area contributed by atoms with Crippen molar-refractivity contribution < 1.29 is 9.53 Å². The molecular formula is C14H19BrO2. The number of ether oxygens (including phenoxy) is 1. The van der Waals surface area contributed by atoms with Gasteiger partial charge in [-0.15, -0.1) is 0 Å². The van der Waals surface area contributed by atoms with Crippen LogP contribution in [0.15, 0.2) is 22.7 Å². The first-order valence-corrected chi connectivity index (χ1v) is 6.88. The molecule has 0 heterocycles. The lowest BCUT2D eigenvalue weighted by molar-refractivity contribution is 0.111. The van der Waals surface area contributed by atoms with Gasteiger partial charge in [0, 0.05) is 4.47 Å². The number of benzene rings is 1. The Hall–Kier alpha value is -0.830. The Morgan fingerprint density at radius 3 is 2.82 bits per heavy atom. The summed E-state index contributed by atoms with van der Waals surface area (Å²) in [7, 11) is 0. The van der Waals surface area contributed by atoms with E-state index in [2.05, 4.69) is 22.9 Å². The van der Waals surface area contributed by atoms with Gasteiger partial charge in [0.1, 0.15) is 5.75 Å². The maximum Gasteiger partial charge on any atom is 0.153 e. The number of unbranched alkanes of at least 4 members (excludes halogenated alkanes) is 2. The van der Waals surface area contributed by atoms with Gasteiger partial charge in [-0.3, -0.25) is 4.79 Å². The van der Waals surface area contributed by atoms with E-state index >= 15 is 0 Å². The van der Waals surface area contributed by atoms with Crippen LogP contribution in [0.1, 0.15) is 49.9 Å². The molecule has 0 N–H and O–H groups in total. The lowest BCUT2D eigenvalue weighted by Gasteiger charge is -2.16. The van der Waals surface area contributed by atoms with Crippen LogP contribution in [0.2, 0.25) is 0 Å². The molecule has 0 aliphatic carbocycles. The van der Waals surface area contributed by atoms with E-state index in [0.29, 0.717) is 11.3 Å². The minimum absolute atomic E-state index is 0.154. The van der Waals surface area contributed by atoms with Crippen molar-refractivity contribution in [2.75, 3.05) is 0 Å². The number of carbonyl (C=O) groups is 1. The number of hydrogen-bond acceptors (Lipinski definition) is 2. The van der Waals surface area contributed by atoms with Crippen LogP contribution in [0.3, 0.4) is 0 Å². The van der Waals surface area contributed by atoms with Crippen molar-refractivity contribution in [3.63, 3.8) is 0 Å². The van der Waals surface area contributed by atoms with Crippen molar-refractivity contribution in [2.24, 2.45) is 0 Å². The number of halogens is 1. The molecule has 0 bridgehead atoms. The molecule has 0 radical (unpaired) electrons. The summed E-state index contributed by atoms with van der Waals surface area (Å²) in [6.45, 7) is 4.23. The van der Waals surface area contributed by atoms with Crippen LogP contribution in [-0.2, 0) is 0 Å². The van der Waals surface area contributed by atoms with E-state index in [-0.39, 0.29) is 6.10 Å². The minimum Gasteiger partial charge on any atom is -0.490 e. The Morgan fingerprint density at radius 1 is 1.41 bits per heavy atom. The van der Waals surface area contributed by atoms with E-state index in [0.717, 1.165) is 17.2 Å². The highest BCUT2D eigenvalue weighted by Crippen LogP contribution is 2.23. The summed E-state index contributed by atoms with van der Waals surface area (Å²) in [6, 6.07) is 5.51. The topological polar surface area (TPSA) is 26.3 Å². The summed E-state index contributed by atoms with van der Waals surface area (Å²) in [5, 5.41) is 0. The highest BCUT2D eigenvalue weighted by Gasteiger charge is 2.08. The second kappa shape index (κ2) is 7.49. The largest absolute Gasteiger partial charge is 0.490 e. The van der Waals surface area contributed by atoms with Gasteiger partial charge >= 0.3 is 0 Å². The normalized spacial score (nSPS) is 12.2. The molecule has 1 aromatic carbocycles. The van der Waals surface area contributed by atoms with Crippen LogP contribution in [-0.4, -0.2) is 12.4 Å². The third-order valence-corrected chi connectivity index (χ3v) is 3.13. The first kappa shape index (κ1) is 14.2. The van der Waals surface area contributed by atoms with Crippen molar-refractivity contribution in [3.8, 4) is 5.75 Å². The van der Waals surface area contributed by atoms with Gasteiger partial charge in [-0.05, 0) is 38.0 Å². The van der Waals surface area contributed by atoms with E-state index in [4.69, 9.17) is 4.74 Å². The molecule has 1 aromatic rings. The molecular weight excluding hydrogens is 280 g/mol. The fourth-order valence-corrected chi connectivity index (χ4v) is 2.05. The summed E-state index contributed by atoms with van der Waals surface area (Å²) in [5.41, 5.74) is 0.599. The molecule has 2 nitrogen and oxygen atoms in total. The van der Waals surface area contributed by atoms with Crippen LogP contribution in [0.5, 0.6) is 5.75 Å². The highest BCUT2D eigenvalue weighted by molar-refractivity contribution is 9.10. The van der Waals surface area contributed by atoms with Gasteiger partial charge in [0.15, 0.2) is 6.29 Å². The van der Waals surface area contributed by atoms with Crippen LogP contribution >= 0.6 is 15.9 Å². The zero-order chi connectivity index (χ0) is 12.7. The van der Waals surface area contributed by atoms with E-state index in [1.807, 2.05) is 19.1 Å². The van der Waals surface area contributed by atoms with Gasteiger partial charge in [-0.1, -0.05) is 35.7 Å². The Balaban J connectivity index is 2.58. The number of rotatable bonds is 7. The van der Waals surface area contributed by atoms with Crippen molar-refractivity contribution in [2.45, 2.75) is 45.6 Å². The summed E-state index contributed by atoms with van der Waals surface area (Å²) in [5.74, 6) is 0.673. The van der Waals surface area contributed by atoms with Crippen molar-refractivity contribution in [1.29, 1.82) is 0 Å². The van der Waals surface area contributed by atoms with E-state index in [1.165, 1.54) is 19.3 Å². The molecule has 17 heavy (non-hydrogen) atoms. The van der Waals surface area contributed by atoms with E-state index in [1.54, 1.807) is 6.07 Å². The molecule has 0 saturated heterocycles. The van der Waals surface area contributed by atoms with Gasteiger partial charge in [0.25, 0.3) is 0 Å². The molecule has 1 atom stereocenters. The number of hydrogen-bond donors (Lipinski definition) is 0. The molecule has 0 aliphatic rings. The van der Waals surface area contributed by atoms with Gasteiger partial charge in [-0.25, -0.2) is 0 Å². The van der Waals surface area contributed by atoms with Crippen LogP contribution < -0.4 is 4.74 Å². The average Bonchev–Trinajstić information content (AvgIpc) is 2.32. The quantitative estimate of drug-likeness (QED) is 0.543. The predicted octanol–water partition coefficient (Wildman–Crippen LogP) is 4.61. The lowest BCUT2D eigenvalue weighted by atomic mass is 10.1. The molecule has 94 valence electrons. The molecule has 0 spiro atoms. The van der Waals surface area contributed by atoms with Crippen molar-refractivity contribution in [3.05, 3.63) is 28.2 Å². The Bertz CT molecular complexity index is 363. The standard InChI is InChI=1S/C14H19BrO2/c1-3-4-5-6-11(2)17-14-8-7-13(15)9-12(14)10-16/h7-11H,3-6H2,1-2H3. The zero-order valence-corrected chi connectivity index (χ0v) is 12.0. The first-order chi connectivity index (χ1) is 8.17. The molecule has 0 amide bonds. The van der Waals surface area contributed by atoms with E-state index in [9.17, 15) is 4.79 Å². The fraction of sp³-hybridized carbons (Fsp3) is 0.500. The zero-order valence-electron chi connectivity index (χ0n) is 10.4. The van der Waals surface area contributed by atoms with Crippen molar-refractivity contribution in [1.82, 2.24) is 0 Å².